The Kier molecular flexibility index (Phi) is 3.19. The third kappa shape index (κ3) is 2.22. The Bertz CT molecular complexity index is 146. The summed E-state index contributed by atoms with van der Waals surface area (Å²) in [6, 6.07) is 0. The summed E-state index contributed by atoms with van der Waals surface area (Å²) in [6.07, 6.45) is 7.55. The second-order valence-electron chi connectivity index (χ2n) is 4.37. The average Bonchev–Trinajstić information content (AvgIpc) is 2.71. The lowest BCUT2D eigenvalue weighted by Crippen LogP contribution is -2.42. The third-order valence-electron chi connectivity index (χ3n) is 3.61. The van der Waals surface area contributed by atoms with Crippen LogP contribution in [0, 0.1) is 11.8 Å². The van der Waals surface area contributed by atoms with Gasteiger partial charge in [0.05, 0.1) is 12.8 Å². The molecule has 3 nitrogen and oxygen atoms in total. The van der Waals surface area contributed by atoms with Crippen LogP contribution < -0.4 is 16.2 Å². The Hall–Kier alpha value is -0.120. The van der Waals surface area contributed by atoms with Crippen LogP contribution in [-0.2, 0) is 0 Å². The Labute approximate surface area is 80.6 Å². The molecule has 2 rings (SSSR count). The number of rotatable bonds is 2. The van der Waals surface area contributed by atoms with E-state index in [2.05, 4.69) is 23.1 Å². The summed E-state index contributed by atoms with van der Waals surface area (Å²) in [7, 11) is 0. The fourth-order valence-electron chi connectivity index (χ4n) is 2.59. The first-order valence-corrected chi connectivity index (χ1v) is 5.62. The fraction of sp³-hybridized carbons (Fsp3) is 1.00. The first-order valence-electron chi connectivity index (χ1n) is 5.62. The van der Waals surface area contributed by atoms with Gasteiger partial charge in [0.2, 0.25) is 0 Å². The van der Waals surface area contributed by atoms with Crippen molar-refractivity contribution < 1.29 is 0 Å². The predicted molar refractivity (Wildman–Crippen MR) is 53.8 cm³/mol. The number of hydrazine groups is 1. The van der Waals surface area contributed by atoms with Gasteiger partial charge in [0.25, 0.3) is 0 Å². The average molecular weight is 183 g/mol. The number of hydrogen-bond acceptors (Lipinski definition) is 3. The van der Waals surface area contributed by atoms with Crippen LogP contribution in [-0.4, -0.2) is 12.8 Å². The first-order chi connectivity index (χ1) is 6.40. The zero-order valence-corrected chi connectivity index (χ0v) is 8.47. The van der Waals surface area contributed by atoms with E-state index < -0.39 is 0 Å². The molecule has 0 radical (unpaired) electrons. The van der Waals surface area contributed by atoms with Crippen LogP contribution in [0.1, 0.15) is 39.0 Å². The Morgan fingerprint density at radius 3 is 2.46 bits per heavy atom. The molecule has 1 saturated heterocycles. The summed E-state index contributed by atoms with van der Waals surface area (Å²) in [5.74, 6) is 1.85. The first kappa shape index (κ1) is 9.44. The van der Waals surface area contributed by atoms with Crippen LogP contribution in [0.5, 0.6) is 0 Å². The summed E-state index contributed by atoms with van der Waals surface area (Å²) in [4.78, 5) is 0. The molecule has 2 aliphatic rings. The zero-order chi connectivity index (χ0) is 9.10. The van der Waals surface area contributed by atoms with Crippen molar-refractivity contribution in [1.82, 2.24) is 16.2 Å². The third-order valence-corrected chi connectivity index (χ3v) is 3.61. The van der Waals surface area contributed by atoms with Gasteiger partial charge in [-0.25, -0.2) is 10.9 Å². The van der Waals surface area contributed by atoms with Crippen LogP contribution >= 0.6 is 0 Å². The molecule has 1 heterocycles. The molecule has 0 spiro atoms. The van der Waals surface area contributed by atoms with Gasteiger partial charge in [0, 0.05) is 0 Å². The maximum absolute atomic E-state index is 3.44. The lowest BCUT2D eigenvalue weighted by molar-refractivity contribution is 0.215. The Balaban J connectivity index is 1.77. The lowest BCUT2D eigenvalue weighted by Gasteiger charge is -2.31. The standard InChI is InChI=1S/C10H21N3/c1-2-8-3-5-9(6-4-8)10-11-7-12-13-10/h8-13H,2-7H2,1H3. The highest BCUT2D eigenvalue weighted by Gasteiger charge is 2.28. The zero-order valence-electron chi connectivity index (χ0n) is 8.47. The molecular formula is C10H21N3. The second-order valence-corrected chi connectivity index (χ2v) is 4.37. The van der Waals surface area contributed by atoms with Crippen molar-refractivity contribution >= 4 is 0 Å². The summed E-state index contributed by atoms with van der Waals surface area (Å²) in [5.41, 5.74) is 6.43. The van der Waals surface area contributed by atoms with Crippen molar-refractivity contribution in [2.75, 3.05) is 6.67 Å². The molecule has 2 fully saturated rings. The number of nitrogens with one attached hydrogen (secondary N) is 3. The van der Waals surface area contributed by atoms with E-state index in [9.17, 15) is 0 Å². The van der Waals surface area contributed by atoms with Crippen molar-refractivity contribution in [1.29, 1.82) is 0 Å². The minimum atomic E-state index is 0.526. The topological polar surface area (TPSA) is 36.1 Å². The van der Waals surface area contributed by atoms with E-state index >= 15 is 0 Å². The van der Waals surface area contributed by atoms with Gasteiger partial charge >= 0.3 is 0 Å². The number of hydrogen-bond donors (Lipinski definition) is 3. The molecule has 3 N–H and O–H groups in total. The minimum absolute atomic E-state index is 0.526. The van der Waals surface area contributed by atoms with Crippen molar-refractivity contribution in [3.8, 4) is 0 Å². The quantitative estimate of drug-likeness (QED) is 0.602. The lowest BCUT2D eigenvalue weighted by atomic mass is 9.79. The molecule has 1 saturated carbocycles. The molecule has 0 aromatic rings. The highest BCUT2D eigenvalue weighted by atomic mass is 15.5. The van der Waals surface area contributed by atoms with Gasteiger partial charge in [0.15, 0.2) is 0 Å². The van der Waals surface area contributed by atoms with E-state index in [1.165, 1.54) is 32.1 Å². The summed E-state index contributed by atoms with van der Waals surface area (Å²) < 4.78 is 0. The van der Waals surface area contributed by atoms with E-state index in [0.29, 0.717) is 6.17 Å². The van der Waals surface area contributed by atoms with Crippen LogP contribution in [0.4, 0.5) is 0 Å². The highest BCUT2D eigenvalue weighted by Crippen LogP contribution is 2.31. The molecule has 13 heavy (non-hydrogen) atoms. The Morgan fingerprint density at radius 2 is 1.92 bits per heavy atom. The van der Waals surface area contributed by atoms with Crippen molar-refractivity contribution in [2.24, 2.45) is 11.8 Å². The summed E-state index contributed by atoms with van der Waals surface area (Å²) in [6.45, 7) is 3.23. The van der Waals surface area contributed by atoms with Gasteiger partial charge in [-0.3, -0.25) is 5.32 Å². The van der Waals surface area contributed by atoms with Gasteiger partial charge in [-0.2, -0.15) is 0 Å². The molecule has 76 valence electrons. The largest absolute Gasteiger partial charge is 0.287 e. The molecule has 3 heteroatoms. The van der Waals surface area contributed by atoms with Gasteiger partial charge in [-0.05, 0) is 24.7 Å². The van der Waals surface area contributed by atoms with E-state index in [1.54, 1.807) is 0 Å². The molecule has 1 aliphatic carbocycles. The van der Waals surface area contributed by atoms with Crippen LogP contribution in [0.2, 0.25) is 0 Å². The van der Waals surface area contributed by atoms with Crippen LogP contribution in [0.15, 0.2) is 0 Å². The molecule has 0 bridgehead atoms. The molecule has 0 amide bonds. The van der Waals surface area contributed by atoms with Crippen LogP contribution in [0.25, 0.3) is 0 Å². The molecule has 0 aromatic heterocycles. The van der Waals surface area contributed by atoms with Gasteiger partial charge < -0.3 is 0 Å². The van der Waals surface area contributed by atoms with Gasteiger partial charge in [-0.15, -0.1) is 0 Å². The van der Waals surface area contributed by atoms with Crippen molar-refractivity contribution in [2.45, 2.75) is 45.2 Å². The van der Waals surface area contributed by atoms with Crippen molar-refractivity contribution in [3.05, 3.63) is 0 Å². The monoisotopic (exact) mass is 183 g/mol. The SMILES string of the molecule is CCC1CCC(C2NCNN2)CC1. The molecular weight excluding hydrogens is 162 g/mol. The second kappa shape index (κ2) is 4.40. The molecule has 1 aliphatic heterocycles. The molecule has 1 atom stereocenters. The van der Waals surface area contributed by atoms with E-state index in [4.69, 9.17) is 0 Å². The van der Waals surface area contributed by atoms with Gasteiger partial charge in [0.1, 0.15) is 0 Å². The predicted octanol–water partition coefficient (Wildman–Crippen LogP) is 1.18. The molecule has 0 aromatic carbocycles. The maximum atomic E-state index is 3.44. The fourth-order valence-corrected chi connectivity index (χ4v) is 2.59. The normalized spacial score (nSPS) is 40.8. The summed E-state index contributed by atoms with van der Waals surface area (Å²) >= 11 is 0. The van der Waals surface area contributed by atoms with Gasteiger partial charge in [-0.1, -0.05) is 26.2 Å². The smallest absolute Gasteiger partial charge is 0.0743 e. The van der Waals surface area contributed by atoms with E-state index in [0.717, 1.165) is 18.5 Å². The van der Waals surface area contributed by atoms with E-state index in [1.807, 2.05) is 0 Å². The van der Waals surface area contributed by atoms with Crippen molar-refractivity contribution in [3.63, 3.8) is 0 Å². The van der Waals surface area contributed by atoms with Crippen LogP contribution in [0.3, 0.4) is 0 Å². The van der Waals surface area contributed by atoms with E-state index in [-0.39, 0.29) is 0 Å². The molecule has 1 unspecified atom stereocenters. The Morgan fingerprint density at radius 1 is 1.15 bits per heavy atom. The summed E-state index contributed by atoms with van der Waals surface area (Å²) in [5, 5.41) is 3.44. The highest BCUT2D eigenvalue weighted by molar-refractivity contribution is 4.81. The minimum Gasteiger partial charge on any atom is -0.287 e. The maximum Gasteiger partial charge on any atom is 0.0743 e.